The fourth-order valence-corrected chi connectivity index (χ4v) is 3.66. The van der Waals surface area contributed by atoms with E-state index in [4.69, 9.17) is 0 Å². The number of hydrogen-bond acceptors (Lipinski definition) is 6. The van der Waals surface area contributed by atoms with Gasteiger partial charge in [0.25, 0.3) is 0 Å². The van der Waals surface area contributed by atoms with Crippen LogP contribution in [-0.4, -0.2) is 33.3 Å². The molecule has 0 saturated carbocycles. The summed E-state index contributed by atoms with van der Waals surface area (Å²) < 4.78 is 0. The molecule has 2 N–H and O–H groups in total. The van der Waals surface area contributed by atoms with Gasteiger partial charge in [-0.2, -0.15) is 0 Å². The highest BCUT2D eigenvalue weighted by atomic mass is 16.3. The molecule has 6 nitrogen and oxygen atoms in total. The summed E-state index contributed by atoms with van der Waals surface area (Å²) in [5.41, 5.74) is -0.294. The van der Waals surface area contributed by atoms with E-state index in [1.807, 2.05) is 0 Å². The fraction of sp³-hybridized carbons (Fsp3) is 0.143. The summed E-state index contributed by atoms with van der Waals surface area (Å²) in [6.45, 7) is 0. The third-order valence-corrected chi connectivity index (χ3v) is 5.10. The van der Waals surface area contributed by atoms with Crippen molar-refractivity contribution >= 4 is 28.9 Å². The van der Waals surface area contributed by atoms with Gasteiger partial charge >= 0.3 is 0 Å². The van der Waals surface area contributed by atoms with Crippen LogP contribution >= 0.6 is 0 Å². The van der Waals surface area contributed by atoms with Gasteiger partial charge in [0.2, 0.25) is 17.3 Å². The smallest absolute Gasteiger partial charge is 0.234 e. The van der Waals surface area contributed by atoms with Gasteiger partial charge in [-0.05, 0) is 0 Å². The zero-order valence-electron chi connectivity index (χ0n) is 14.0. The highest BCUT2D eigenvalue weighted by molar-refractivity contribution is 6.52. The molecule has 0 spiro atoms. The number of Topliss-reactive ketones (excluding diaryl/α,β-unsaturated/α-hetero) is 4. The standard InChI is InChI=1S/C21H14O6/c22-16-10-5-1-3-7-12(10)18(24)20(26)14(16)9-15-17(23)11-6-2-4-8-13(11)19(25)21(15)27/h1-8,10,12,23,26H,9H2. The van der Waals surface area contributed by atoms with Gasteiger partial charge in [0.1, 0.15) is 5.76 Å². The highest BCUT2D eigenvalue weighted by Gasteiger charge is 2.43. The Hall–Kier alpha value is -3.54. The van der Waals surface area contributed by atoms with Gasteiger partial charge in [0.05, 0.1) is 17.4 Å². The van der Waals surface area contributed by atoms with Crippen molar-refractivity contribution in [2.24, 2.45) is 11.8 Å². The molecular formula is C21H14O6. The van der Waals surface area contributed by atoms with Crippen molar-refractivity contribution in [3.05, 3.63) is 76.6 Å². The van der Waals surface area contributed by atoms with Crippen LogP contribution in [0, 0.1) is 11.8 Å². The number of aliphatic hydroxyl groups is 2. The molecule has 6 heteroatoms. The molecule has 134 valence electrons. The largest absolute Gasteiger partial charge is 0.507 e. The monoisotopic (exact) mass is 362 g/mol. The summed E-state index contributed by atoms with van der Waals surface area (Å²) in [6.07, 6.45) is 5.88. The average Bonchev–Trinajstić information content (AvgIpc) is 2.70. The minimum atomic E-state index is -0.951. The average molecular weight is 362 g/mol. The van der Waals surface area contributed by atoms with E-state index in [0.717, 1.165) is 0 Å². The Bertz CT molecular complexity index is 1050. The predicted molar refractivity (Wildman–Crippen MR) is 94.9 cm³/mol. The molecule has 1 aromatic rings. The normalized spacial score (nSPS) is 24.4. The summed E-state index contributed by atoms with van der Waals surface area (Å²) in [4.78, 5) is 50.0. The minimum Gasteiger partial charge on any atom is -0.507 e. The summed E-state index contributed by atoms with van der Waals surface area (Å²) in [5.74, 6) is -5.56. The molecular weight excluding hydrogens is 348 g/mol. The van der Waals surface area contributed by atoms with Crippen LogP contribution in [0.15, 0.2) is 65.5 Å². The van der Waals surface area contributed by atoms with E-state index in [0.29, 0.717) is 0 Å². The molecule has 4 rings (SSSR count). The minimum absolute atomic E-state index is 0.0772. The van der Waals surface area contributed by atoms with Gasteiger partial charge in [0, 0.05) is 23.1 Å². The third kappa shape index (κ3) is 2.41. The second kappa shape index (κ2) is 6.02. The summed E-state index contributed by atoms with van der Waals surface area (Å²) in [5, 5.41) is 20.8. The van der Waals surface area contributed by atoms with Crippen LogP contribution in [-0.2, 0) is 14.4 Å². The lowest BCUT2D eigenvalue weighted by Crippen LogP contribution is -2.37. The van der Waals surface area contributed by atoms with E-state index in [1.165, 1.54) is 12.1 Å². The predicted octanol–water partition coefficient (Wildman–Crippen LogP) is 2.43. The first kappa shape index (κ1) is 16.9. The van der Waals surface area contributed by atoms with Crippen LogP contribution in [0.5, 0.6) is 0 Å². The molecule has 0 bridgehead atoms. The topological polar surface area (TPSA) is 109 Å². The molecule has 1 aromatic carbocycles. The van der Waals surface area contributed by atoms with Crippen LogP contribution in [0.2, 0.25) is 0 Å². The van der Waals surface area contributed by atoms with Crippen molar-refractivity contribution in [1.82, 2.24) is 0 Å². The molecule has 0 saturated heterocycles. The number of allylic oxidation sites excluding steroid dienone is 7. The quantitative estimate of drug-likeness (QED) is 0.782. The molecule has 0 aliphatic heterocycles. The van der Waals surface area contributed by atoms with Gasteiger partial charge < -0.3 is 10.2 Å². The Morgan fingerprint density at radius 2 is 1.30 bits per heavy atom. The first-order valence-electron chi connectivity index (χ1n) is 8.38. The van der Waals surface area contributed by atoms with Crippen molar-refractivity contribution in [3.8, 4) is 0 Å². The summed E-state index contributed by atoms with van der Waals surface area (Å²) >= 11 is 0. The van der Waals surface area contributed by atoms with Crippen molar-refractivity contribution in [1.29, 1.82) is 0 Å². The fourth-order valence-electron chi connectivity index (χ4n) is 3.66. The lowest BCUT2D eigenvalue weighted by molar-refractivity contribution is -0.129. The second-order valence-corrected chi connectivity index (χ2v) is 6.58. The van der Waals surface area contributed by atoms with Gasteiger partial charge in [-0.25, -0.2) is 0 Å². The van der Waals surface area contributed by atoms with E-state index >= 15 is 0 Å². The molecule has 0 amide bonds. The first-order valence-corrected chi connectivity index (χ1v) is 8.38. The van der Waals surface area contributed by atoms with Gasteiger partial charge in [-0.1, -0.05) is 48.6 Å². The Labute approximate surface area is 153 Å². The Kier molecular flexibility index (Phi) is 3.77. The van der Waals surface area contributed by atoms with Crippen LogP contribution in [0.25, 0.3) is 5.76 Å². The lowest BCUT2D eigenvalue weighted by Gasteiger charge is -2.28. The molecule has 0 aromatic heterocycles. The number of carbonyl (C=O) groups is 4. The van der Waals surface area contributed by atoms with Gasteiger partial charge in [0.15, 0.2) is 11.5 Å². The number of aliphatic hydroxyl groups excluding tert-OH is 2. The van der Waals surface area contributed by atoms with E-state index in [9.17, 15) is 29.4 Å². The molecule has 0 heterocycles. The maximum absolute atomic E-state index is 12.8. The Morgan fingerprint density at radius 1 is 0.704 bits per heavy atom. The van der Waals surface area contributed by atoms with E-state index < -0.39 is 52.9 Å². The van der Waals surface area contributed by atoms with Crippen molar-refractivity contribution in [2.75, 3.05) is 0 Å². The van der Waals surface area contributed by atoms with Crippen molar-refractivity contribution < 1.29 is 29.4 Å². The first-order chi connectivity index (χ1) is 12.9. The van der Waals surface area contributed by atoms with Crippen LogP contribution in [0.3, 0.4) is 0 Å². The number of carbonyl (C=O) groups excluding carboxylic acids is 4. The van der Waals surface area contributed by atoms with Gasteiger partial charge in [-0.15, -0.1) is 0 Å². The Balaban J connectivity index is 1.80. The highest BCUT2D eigenvalue weighted by Crippen LogP contribution is 2.37. The van der Waals surface area contributed by atoms with Crippen molar-refractivity contribution in [3.63, 3.8) is 0 Å². The lowest BCUT2D eigenvalue weighted by atomic mass is 9.73. The number of rotatable bonds is 2. The molecule has 0 radical (unpaired) electrons. The van der Waals surface area contributed by atoms with E-state index in [2.05, 4.69) is 0 Å². The molecule has 27 heavy (non-hydrogen) atoms. The van der Waals surface area contributed by atoms with Crippen LogP contribution in [0.4, 0.5) is 0 Å². The summed E-state index contributed by atoms with van der Waals surface area (Å²) in [7, 11) is 0. The maximum atomic E-state index is 12.8. The third-order valence-electron chi connectivity index (χ3n) is 5.10. The zero-order chi connectivity index (χ0) is 19.3. The van der Waals surface area contributed by atoms with E-state index in [1.54, 1.807) is 36.4 Å². The number of ketones is 4. The van der Waals surface area contributed by atoms with E-state index in [-0.39, 0.29) is 22.3 Å². The second-order valence-electron chi connectivity index (χ2n) is 6.58. The SMILES string of the molecule is O=C1C(=O)c2ccccc2C(O)=C1CC1=C(O)C(=O)C2C=CC=CC2C1=O. The Morgan fingerprint density at radius 3 is 1.96 bits per heavy atom. The van der Waals surface area contributed by atoms with Gasteiger partial charge in [-0.3, -0.25) is 19.2 Å². The number of hydrogen-bond donors (Lipinski definition) is 2. The number of fused-ring (bicyclic) bond motifs is 2. The van der Waals surface area contributed by atoms with Crippen molar-refractivity contribution in [2.45, 2.75) is 6.42 Å². The van der Waals surface area contributed by atoms with Crippen LogP contribution in [0.1, 0.15) is 22.3 Å². The van der Waals surface area contributed by atoms with Crippen LogP contribution < -0.4 is 0 Å². The molecule has 0 fully saturated rings. The maximum Gasteiger partial charge on any atom is 0.234 e. The molecule has 3 aliphatic carbocycles. The molecule has 2 unspecified atom stereocenters. The number of benzene rings is 1. The summed E-state index contributed by atoms with van der Waals surface area (Å²) in [6, 6.07) is 6.09. The molecule has 3 aliphatic rings. The zero-order valence-corrected chi connectivity index (χ0v) is 14.0. The molecule has 2 atom stereocenters.